The van der Waals surface area contributed by atoms with Gasteiger partial charge in [0.2, 0.25) is 30.2 Å². The number of H-pyrrole nitrogens is 3. The number of hydrogen-bond acceptors (Lipinski definition) is 21. The Kier molecular flexibility index (Phi) is 30.8. The van der Waals surface area contributed by atoms with E-state index in [1.54, 1.807) is 33.3 Å². The van der Waals surface area contributed by atoms with Gasteiger partial charge in [-0.2, -0.15) is 3.89 Å². The predicted octanol–water partition coefficient (Wildman–Crippen LogP) is 19.8. The van der Waals surface area contributed by atoms with Gasteiger partial charge in [-0.05, 0) is 280 Å². The van der Waals surface area contributed by atoms with Crippen molar-refractivity contribution >= 4 is 111 Å². The normalized spacial score (nSPS) is 21.1. The Balaban J connectivity index is 0.000000174. The monoisotopic (exact) mass is 2060 g/mol. The maximum atomic E-state index is 17.0. The van der Waals surface area contributed by atoms with E-state index >= 15 is 8.78 Å². The predicted molar refractivity (Wildman–Crippen MR) is 550 cm³/mol. The summed E-state index contributed by atoms with van der Waals surface area (Å²) >= 11 is 3.59. The van der Waals surface area contributed by atoms with Crippen LogP contribution in [0.5, 0.6) is 23.0 Å². The molecule has 0 spiro atoms. The van der Waals surface area contributed by atoms with E-state index < -0.39 is 97.1 Å². The molecule has 38 heteroatoms. The molecule has 5 fully saturated rings. The zero-order chi connectivity index (χ0) is 102. The fourth-order valence-corrected chi connectivity index (χ4v) is 20.7. The van der Waals surface area contributed by atoms with Crippen LogP contribution in [0.15, 0.2) is 132 Å². The minimum absolute atomic E-state index is 0. The van der Waals surface area contributed by atoms with Crippen LogP contribution in [-0.4, -0.2) is 204 Å². The average Bonchev–Trinajstić information content (AvgIpc) is 1.57. The number of aromatic nitrogens is 8. The van der Waals surface area contributed by atoms with Crippen molar-refractivity contribution in [3.8, 4) is 68.0 Å². The summed E-state index contributed by atoms with van der Waals surface area (Å²) in [6.45, 7) is 33.3. The van der Waals surface area contributed by atoms with Gasteiger partial charge < -0.3 is 107 Å². The van der Waals surface area contributed by atoms with Crippen molar-refractivity contribution in [1.29, 1.82) is 0 Å². The summed E-state index contributed by atoms with van der Waals surface area (Å²) in [7, 11) is 2.60. The van der Waals surface area contributed by atoms with Crippen molar-refractivity contribution in [3.63, 3.8) is 0 Å². The van der Waals surface area contributed by atoms with Crippen LogP contribution in [0.4, 0.5) is 27.1 Å². The molecule has 14 heterocycles. The second-order valence-electron chi connectivity index (χ2n) is 41.2. The number of likely N-dealkylation sites (tertiary alicyclic amines) is 3. The van der Waals surface area contributed by atoms with Crippen molar-refractivity contribution in [3.05, 3.63) is 184 Å². The van der Waals surface area contributed by atoms with E-state index in [0.29, 0.717) is 89.2 Å². The molecule has 5 saturated heterocycles. The molecule has 11 aromatic rings. The first-order valence-corrected chi connectivity index (χ1v) is 51.0. The first kappa shape index (κ1) is 105. The van der Waals surface area contributed by atoms with Crippen LogP contribution in [0.1, 0.15) is 240 Å². The molecule has 5 aromatic heterocycles. The number of alkyl carbamates (subject to hydrolysis) is 3. The van der Waals surface area contributed by atoms with Gasteiger partial charge in [-0.3, -0.25) is 14.4 Å². The van der Waals surface area contributed by atoms with Gasteiger partial charge in [-0.15, -0.1) is 0 Å². The number of nitrogens with one attached hydrogen (secondary N) is 6. The van der Waals surface area contributed by atoms with Crippen molar-refractivity contribution in [2.45, 2.75) is 266 Å². The molecule has 0 radical (unpaired) electrons. The number of halogens is 4. The quantitative estimate of drug-likeness (QED) is 0.0343. The molecular weight excluding hydrogens is 1930 g/mol. The van der Waals surface area contributed by atoms with Gasteiger partial charge >= 0.3 is 32.5 Å². The van der Waals surface area contributed by atoms with E-state index in [9.17, 15) is 32.7 Å². The van der Waals surface area contributed by atoms with Crippen LogP contribution in [0.3, 0.4) is 0 Å². The van der Waals surface area contributed by atoms with Crippen molar-refractivity contribution in [1.82, 2.24) is 69.7 Å². The van der Waals surface area contributed by atoms with E-state index in [1.165, 1.54) is 39.7 Å². The number of aryl methyl sites for hydroxylation is 2. The number of carbonyl (C=O) groups is 6. The van der Waals surface area contributed by atoms with E-state index in [2.05, 4.69) is 105 Å². The number of hydrogen-bond donors (Lipinski definition) is 6. The standard InChI is InChI=1S/C53H60FN9O8.C37H42B2FNO6.C14H21BrN4O3.CH3FS.CH4/c1-27(2)45(59-52(66)68-6)49(64)61-18-8-10-39(61)47-55-25-36(57-47)30-14-16-38-34(20-30)23-41-44-35(54)22-33(24-43(44)71-51(63(38)41)32-15-17-42-31(21-32)13-12-29(5)70-42)37-26-56-48(58-37)40-11-9-19-62(40)50(65)46(28(3)4)60-53(67)69-7;1-21-10-11-22-16-23(12-15-30(22)42-21)33-41-28-14-13-25(38-44-34(2,3)35(4,5)45-38)17-24(28)18-29(41)32-27(40)19-26(20-31(32)43-33)39-46-36(6,7)37(8,9)47-39;1-8(2)11(18-14(21)22-3)13(20)19-6-4-5-9(19)12-16-7-10(15)17-12;1-3-2;/h14-17,20-29,39-40,45-46,51H,8-13,18-19H2,1-7H3,(H,55,57)(H,56,58)(H,59,66)(H,60,67);12-21,33H,10-11H2,1-9H3;7-9,11H,4-6H2,1-3H3,(H,16,17)(H,18,21);1H3;1H4/t29?,39-,40-,45-,46-,51?;;9-,11-;;/m0.0../s1. The number of rotatable bonds is 18. The van der Waals surface area contributed by atoms with Crippen LogP contribution in [0.2, 0.25) is 0 Å². The van der Waals surface area contributed by atoms with Crippen molar-refractivity contribution in [2.75, 3.05) is 47.2 Å². The molecule has 20 rings (SSSR count). The smallest absolute Gasteiger partial charge is 0.490 e. The molecular formula is C106H130B2BrF3N14O17S. The third kappa shape index (κ3) is 20.7. The summed E-state index contributed by atoms with van der Waals surface area (Å²) < 4.78 is 114. The number of aromatic amines is 3. The van der Waals surface area contributed by atoms with Gasteiger partial charge in [0.05, 0.1) is 138 Å². The molecule has 0 bridgehead atoms. The maximum Gasteiger partial charge on any atom is 0.495 e. The second kappa shape index (κ2) is 42.2. The van der Waals surface area contributed by atoms with Gasteiger partial charge in [0.15, 0.2) is 0 Å². The highest BCUT2D eigenvalue weighted by molar-refractivity contribution is 9.10. The van der Waals surface area contributed by atoms with Gasteiger partial charge in [0.1, 0.15) is 74.8 Å². The largest absolute Gasteiger partial charge is 0.495 e. The topological polar surface area (TPSA) is 346 Å². The van der Waals surface area contributed by atoms with E-state index in [4.69, 9.17) is 57.0 Å². The summed E-state index contributed by atoms with van der Waals surface area (Å²) in [5, 5.41) is 9.83. The lowest BCUT2D eigenvalue weighted by Gasteiger charge is -2.32. The Morgan fingerprint density at radius 1 is 0.465 bits per heavy atom. The van der Waals surface area contributed by atoms with Gasteiger partial charge in [0, 0.05) is 71.1 Å². The summed E-state index contributed by atoms with van der Waals surface area (Å²) in [6.07, 6.45) is 11.9. The molecule has 6 N–H and O–H groups in total. The van der Waals surface area contributed by atoms with Gasteiger partial charge in [-0.1, -0.05) is 67.2 Å². The fraction of sp³-hybridized carbons (Fsp3) is 0.481. The van der Waals surface area contributed by atoms with Gasteiger partial charge in [-0.25, -0.2) is 38.1 Å². The number of fused-ring (bicyclic) bond motifs is 12. The van der Waals surface area contributed by atoms with Crippen molar-refractivity contribution < 1.29 is 93.2 Å². The average molecular weight is 2060 g/mol. The van der Waals surface area contributed by atoms with Crippen LogP contribution < -0.4 is 45.8 Å². The van der Waals surface area contributed by atoms with E-state index in [-0.39, 0.29) is 85.4 Å². The summed E-state index contributed by atoms with van der Waals surface area (Å²) in [4.78, 5) is 105. The number of benzene rings is 6. The van der Waals surface area contributed by atoms with Gasteiger partial charge in [0.25, 0.3) is 0 Å². The highest BCUT2D eigenvalue weighted by atomic mass is 79.9. The first-order chi connectivity index (χ1) is 68.1. The van der Waals surface area contributed by atoms with Crippen molar-refractivity contribution in [2.24, 2.45) is 17.8 Å². The van der Waals surface area contributed by atoms with Crippen LogP contribution in [-0.2, 0) is 60.1 Å². The zero-order valence-electron chi connectivity index (χ0n) is 84.4. The summed E-state index contributed by atoms with van der Waals surface area (Å²) in [5.74, 6) is 2.79. The number of amides is 6. The lowest BCUT2D eigenvalue weighted by molar-refractivity contribution is -0.136. The Hall–Kier alpha value is -12.0. The lowest BCUT2D eigenvalue weighted by Crippen LogP contribution is -2.51. The molecule has 766 valence electrons. The van der Waals surface area contributed by atoms with E-state index in [1.807, 2.05) is 168 Å². The van der Waals surface area contributed by atoms with Crippen LogP contribution >= 0.6 is 28.1 Å². The Bertz CT molecular complexity index is 6610. The highest BCUT2D eigenvalue weighted by Crippen LogP contribution is 2.52. The highest BCUT2D eigenvalue weighted by Gasteiger charge is 2.55. The molecule has 4 unspecified atom stereocenters. The Morgan fingerprint density at radius 2 is 0.847 bits per heavy atom. The number of imidazole rings is 3. The molecule has 9 aliphatic rings. The fourth-order valence-electron chi connectivity index (χ4n) is 20.4. The molecule has 144 heavy (non-hydrogen) atoms. The Morgan fingerprint density at radius 3 is 1.26 bits per heavy atom. The number of ether oxygens (including phenoxy) is 7. The number of nitrogens with zero attached hydrogens (tertiary/aromatic N) is 8. The number of methoxy groups -OCH3 is 3. The molecule has 6 amide bonds. The first-order valence-electron chi connectivity index (χ1n) is 49.1. The summed E-state index contributed by atoms with van der Waals surface area (Å²) in [6, 6.07) is 32.5. The SMILES string of the molecule is C.CC1CCc2cc(C3Oc4cc(B5OC(C)(C)C(C)(C)O5)cc(F)c4-c4cc5cc(B6OC(C)(C)C(C)(C)O6)ccc5n43)ccc2O1.COC(=O)N[C@H](C(=O)N1CCC[C@H]1c1ncc(-c2cc(F)c3c(c2)OC(c2ccc4c(c2)CCC(C)O4)n2c-3cc3cc(-c4cnc([C@@H]5CCCN5C(=O)[C@@H](NC(=O)OC)C(C)C)[nH]4)ccc32)[nH]1)C(C)C.COC(=O)N[C@H](C(=O)N1CCC[C@H]1c1ncc(Br)[nH]1)C(C)C.CSF. The molecule has 6 aromatic carbocycles. The minimum Gasteiger partial charge on any atom is -0.490 e. The van der Waals surface area contributed by atoms with Crippen LogP contribution in [0, 0.1) is 29.4 Å². The number of carbonyl (C=O) groups excluding carboxylic acids is 6. The molecule has 0 aliphatic carbocycles. The van der Waals surface area contributed by atoms with Crippen LogP contribution in [0.25, 0.3) is 66.8 Å². The Labute approximate surface area is 851 Å². The lowest BCUT2D eigenvalue weighted by atomic mass is 9.78. The second-order valence-corrected chi connectivity index (χ2v) is 42.3. The zero-order valence-corrected chi connectivity index (χ0v) is 86.8. The summed E-state index contributed by atoms with van der Waals surface area (Å²) in [5.41, 5.74) is 10.1. The molecule has 9 aliphatic heterocycles. The molecule has 0 saturated carbocycles. The van der Waals surface area contributed by atoms with E-state index in [0.717, 1.165) is 140 Å². The molecule has 31 nitrogen and oxygen atoms in total. The maximum absolute atomic E-state index is 17.0. The third-order valence-corrected chi connectivity index (χ3v) is 29.9. The third-order valence-electron chi connectivity index (χ3n) is 29.5. The minimum atomic E-state index is -0.779. The molecule has 10 atom stereocenters.